The number of carbonyl (C=O) groups is 3. The molecule has 2 unspecified atom stereocenters. The zero-order chi connectivity index (χ0) is 24.6. The molecule has 2 atom stereocenters. The van der Waals surface area contributed by atoms with Gasteiger partial charge in [0.25, 0.3) is 5.69 Å². The molecule has 0 saturated carbocycles. The summed E-state index contributed by atoms with van der Waals surface area (Å²) < 4.78 is 5.23. The molecule has 1 aromatic rings. The molecule has 1 aliphatic heterocycles. The van der Waals surface area contributed by atoms with E-state index in [9.17, 15) is 24.5 Å². The largest absolute Gasteiger partial charge is 0.459 e. The first-order valence-electron chi connectivity index (χ1n) is 10.4. The van der Waals surface area contributed by atoms with Gasteiger partial charge in [0, 0.05) is 22.3 Å². The van der Waals surface area contributed by atoms with Gasteiger partial charge in [-0.2, -0.15) is 0 Å². The van der Waals surface area contributed by atoms with Crippen molar-refractivity contribution in [2.75, 3.05) is 0 Å². The van der Waals surface area contributed by atoms with E-state index in [0.717, 1.165) is 0 Å². The highest BCUT2D eigenvalue weighted by molar-refractivity contribution is 8.01. The van der Waals surface area contributed by atoms with Crippen LogP contribution >= 0.6 is 11.8 Å². The van der Waals surface area contributed by atoms with Crippen LogP contribution in [0.3, 0.4) is 0 Å². The van der Waals surface area contributed by atoms with Crippen molar-refractivity contribution < 1.29 is 24.0 Å². The molecule has 1 saturated heterocycles. The van der Waals surface area contributed by atoms with Crippen LogP contribution in [-0.4, -0.2) is 43.6 Å². The number of ketones is 1. The molecule has 32 heavy (non-hydrogen) atoms. The van der Waals surface area contributed by atoms with Crippen molar-refractivity contribution >= 4 is 35.1 Å². The van der Waals surface area contributed by atoms with Crippen LogP contribution in [0.15, 0.2) is 24.3 Å². The zero-order valence-corrected chi connectivity index (χ0v) is 20.7. The SMILES string of the molecule is CC(C)(C)SC1N(C(C(=O)OCc2ccc([N+](=O)[O-])cc2)C(=O)C(C)(C)C)C(=O)C1(C)C. The van der Waals surface area contributed by atoms with Crippen molar-refractivity contribution in [1.29, 1.82) is 0 Å². The molecule has 1 amide bonds. The van der Waals surface area contributed by atoms with Crippen LogP contribution in [0.1, 0.15) is 61.0 Å². The summed E-state index contributed by atoms with van der Waals surface area (Å²) in [6.07, 6.45) is 0. The first kappa shape index (κ1) is 25.8. The fraction of sp³-hybridized carbons (Fsp3) is 0.609. The average Bonchev–Trinajstić information content (AvgIpc) is 2.67. The predicted octanol–water partition coefficient (Wildman–Crippen LogP) is 4.35. The van der Waals surface area contributed by atoms with Crippen molar-refractivity contribution in [3.63, 3.8) is 0 Å². The smallest absolute Gasteiger partial charge is 0.337 e. The van der Waals surface area contributed by atoms with Gasteiger partial charge in [-0.25, -0.2) is 4.79 Å². The molecule has 1 aliphatic rings. The number of nitrogens with zero attached hydrogens (tertiary/aromatic N) is 2. The van der Waals surface area contributed by atoms with Crippen molar-refractivity contribution in [3.05, 3.63) is 39.9 Å². The number of hydrogen-bond donors (Lipinski definition) is 0. The molecule has 1 aromatic carbocycles. The van der Waals surface area contributed by atoms with Gasteiger partial charge in [0.1, 0.15) is 6.61 Å². The number of rotatable bonds is 7. The molecule has 1 fully saturated rings. The van der Waals surface area contributed by atoms with Gasteiger partial charge in [0.05, 0.1) is 15.7 Å². The minimum Gasteiger partial charge on any atom is -0.459 e. The van der Waals surface area contributed by atoms with Gasteiger partial charge < -0.3 is 9.64 Å². The maximum absolute atomic E-state index is 13.3. The van der Waals surface area contributed by atoms with Gasteiger partial charge in [-0.05, 0) is 31.5 Å². The summed E-state index contributed by atoms with van der Waals surface area (Å²) in [4.78, 5) is 51.1. The highest BCUT2D eigenvalue weighted by Crippen LogP contribution is 2.50. The van der Waals surface area contributed by atoms with Crippen LogP contribution in [-0.2, 0) is 25.7 Å². The number of ether oxygens (including phenoxy) is 1. The fourth-order valence-corrected chi connectivity index (χ4v) is 4.72. The number of nitro groups is 1. The Morgan fingerprint density at radius 2 is 1.69 bits per heavy atom. The number of carbonyl (C=O) groups excluding carboxylic acids is 3. The number of esters is 1. The summed E-state index contributed by atoms with van der Waals surface area (Å²) in [6, 6.07) is 4.26. The number of likely N-dealkylation sites (tertiary alicyclic amines) is 1. The van der Waals surface area contributed by atoms with Gasteiger partial charge in [0.2, 0.25) is 5.91 Å². The lowest BCUT2D eigenvalue weighted by Gasteiger charge is -2.56. The molecule has 0 aliphatic carbocycles. The standard InChI is InChI=1S/C23H32N2O6S/c1-21(2,3)17(26)16(24-19(28)23(7,8)20(24)32-22(4,5)6)18(27)31-13-14-9-11-15(12-10-14)25(29)30/h9-12,16,20H,13H2,1-8H3. The van der Waals surface area contributed by atoms with E-state index in [4.69, 9.17) is 4.74 Å². The van der Waals surface area contributed by atoms with Crippen LogP contribution in [0.4, 0.5) is 5.69 Å². The van der Waals surface area contributed by atoms with Crippen LogP contribution in [0.25, 0.3) is 0 Å². The Bertz CT molecular complexity index is 912. The second-order valence-corrected chi connectivity index (χ2v) is 12.5. The Morgan fingerprint density at radius 3 is 2.12 bits per heavy atom. The first-order valence-corrected chi connectivity index (χ1v) is 11.3. The molecule has 1 heterocycles. The molecule has 0 bridgehead atoms. The Balaban J connectivity index is 2.30. The Labute approximate surface area is 193 Å². The van der Waals surface area contributed by atoms with Crippen molar-refractivity contribution in [2.45, 2.75) is 78.2 Å². The molecular formula is C23H32N2O6S. The first-order chi connectivity index (χ1) is 14.5. The Morgan fingerprint density at radius 1 is 1.16 bits per heavy atom. The second kappa shape index (κ2) is 8.84. The summed E-state index contributed by atoms with van der Waals surface area (Å²) in [6.45, 7) is 14.6. The van der Waals surface area contributed by atoms with Gasteiger partial charge in [-0.15, -0.1) is 11.8 Å². The fourth-order valence-electron chi connectivity index (χ4n) is 3.32. The number of thioether (sulfide) groups is 1. The average molecular weight is 465 g/mol. The highest BCUT2D eigenvalue weighted by Gasteiger charge is 2.61. The molecular weight excluding hydrogens is 432 g/mol. The number of amides is 1. The van der Waals surface area contributed by atoms with Crippen molar-refractivity contribution in [2.24, 2.45) is 10.8 Å². The third-order valence-corrected chi connectivity index (χ3v) is 6.88. The van der Waals surface area contributed by atoms with E-state index in [1.165, 1.54) is 40.9 Å². The quantitative estimate of drug-likeness (QED) is 0.194. The number of nitro benzene ring substituents is 1. The van der Waals surface area contributed by atoms with E-state index in [1.54, 1.807) is 20.8 Å². The Hall–Kier alpha value is -2.42. The maximum atomic E-state index is 13.3. The van der Waals surface area contributed by atoms with Crippen LogP contribution in [0.5, 0.6) is 0 Å². The van der Waals surface area contributed by atoms with Crippen LogP contribution < -0.4 is 0 Å². The molecule has 0 radical (unpaired) electrons. The second-order valence-electron chi connectivity index (χ2n) is 10.6. The molecule has 9 heteroatoms. The molecule has 176 valence electrons. The van der Waals surface area contributed by atoms with Gasteiger partial charge in [-0.3, -0.25) is 19.7 Å². The molecule has 0 spiro atoms. The third-order valence-electron chi connectivity index (χ3n) is 5.14. The third kappa shape index (κ3) is 5.49. The van der Waals surface area contributed by atoms with Gasteiger partial charge in [-0.1, -0.05) is 41.5 Å². The van der Waals surface area contributed by atoms with Crippen LogP contribution in [0, 0.1) is 20.9 Å². The minimum atomic E-state index is -1.35. The van der Waals surface area contributed by atoms with E-state index >= 15 is 0 Å². The monoisotopic (exact) mass is 464 g/mol. The maximum Gasteiger partial charge on any atom is 0.337 e. The molecule has 0 N–H and O–H groups in total. The minimum absolute atomic E-state index is 0.0729. The van der Waals surface area contributed by atoms with Gasteiger partial charge in [0.15, 0.2) is 11.8 Å². The van der Waals surface area contributed by atoms with Gasteiger partial charge >= 0.3 is 5.97 Å². The molecule has 8 nitrogen and oxygen atoms in total. The van der Waals surface area contributed by atoms with E-state index in [-0.39, 0.29) is 28.3 Å². The zero-order valence-electron chi connectivity index (χ0n) is 19.9. The van der Waals surface area contributed by atoms with Crippen molar-refractivity contribution in [3.8, 4) is 0 Å². The highest BCUT2D eigenvalue weighted by atomic mass is 32.2. The number of Topliss-reactive ketones (excluding diaryl/α,β-unsaturated/α-hetero) is 1. The summed E-state index contributed by atoms with van der Waals surface area (Å²) in [5.74, 6) is -1.46. The number of hydrogen-bond acceptors (Lipinski definition) is 7. The predicted molar refractivity (Wildman–Crippen MR) is 123 cm³/mol. The van der Waals surface area contributed by atoms with E-state index in [0.29, 0.717) is 5.56 Å². The number of β-lactam (4-membered cyclic amide) rings is 1. The Kier molecular flexibility index (Phi) is 7.14. The lowest BCUT2D eigenvalue weighted by atomic mass is 9.78. The lowest BCUT2D eigenvalue weighted by Crippen LogP contribution is -2.72. The normalized spacial score (nSPS) is 19.2. The lowest BCUT2D eigenvalue weighted by molar-refractivity contribution is -0.384. The van der Waals surface area contributed by atoms with Crippen LogP contribution in [0.2, 0.25) is 0 Å². The van der Waals surface area contributed by atoms with E-state index in [2.05, 4.69) is 0 Å². The number of benzene rings is 1. The van der Waals surface area contributed by atoms with E-state index < -0.39 is 33.5 Å². The number of non-ortho nitro benzene ring substituents is 1. The summed E-state index contributed by atoms with van der Waals surface area (Å²) in [7, 11) is 0. The molecule has 0 aromatic heterocycles. The summed E-state index contributed by atoms with van der Waals surface area (Å²) in [5.41, 5.74) is -1.11. The van der Waals surface area contributed by atoms with E-state index in [1.807, 2.05) is 34.6 Å². The summed E-state index contributed by atoms with van der Waals surface area (Å²) >= 11 is 1.54. The summed E-state index contributed by atoms with van der Waals surface area (Å²) in [5, 5.41) is 10.4. The topological polar surface area (TPSA) is 107 Å². The molecule has 2 rings (SSSR count). The van der Waals surface area contributed by atoms with Crippen molar-refractivity contribution in [1.82, 2.24) is 4.90 Å².